The summed E-state index contributed by atoms with van der Waals surface area (Å²) in [4.78, 5) is 18.9. The van der Waals surface area contributed by atoms with Crippen molar-refractivity contribution in [2.75, 3.05) is 39.6 Å². The third-order valence-electron chi connectivity index (χ3n) is 4.51. The second kappa shape index (κ2) is 34.2. The second-order valence-corrected chi connectivity index (χ2v) is 17.1. The van der Waals surface area contributed by atoms with Crippen molar-refractivity contribution in [2.45, 2.75) is 119 Å². The molecule has 0 aliphatic rings. The van der Waals surface area contributed by atoms with Crippen LogP contribution < -0.4 is 0 Å². The molecule has 0 heterocycles. The molecule has 0 aliphatic carbocycles. The Hall–Kier alpha value is 2.27. The second-order valence-electron chi connectivity index (χ2n) is 8.53. The van der Waals surface area contributed by atoms with Crippen molar-refractivity contribution < 1.29 is 63.2 Å². The molecule has 0 bridgehead atoms. The van der Waals surface area contributed by atoms with Gasteiger partial charge in [-0.2, -0.15) is 0 Å². The van der Waals surface area contributed by atoms with Crippen molar-refractivity contribution in [1.29, 1.82) is 0 Å². The van der Waals surface area contributed by atoms with Crippen LogP contribution in [-0.2, 0) is 77.0 Å². The van der Waals surface area contributed by atoms with Gasteiger partial charge in [0.25, 0.3) is 0 Å². The molecule has 0 saturated heterocycles. The van der Waals surface area contributed by atoms with Gasteiger partial charge in [0.1, 0.15) is 0 Å². The SMILES string of the molecule is CCCCOP(=O)(S)OCCCC.CCCCOP(O)(=S)OCCCC.CCCCOP(O)(=S)OCCCC.[Ti]. The van der Waals surface area contributed by atoms with Crippen LogP contribution in [0.5, 0.6) is 0 Å². The molecule has 0 amide bonds. The fraction of sp³-hybridized carbons (Fsp3) is 1.00. The molecule has 0 fully saturated rings. The summed E-state index contributed by atoms with van der Waals surface area (Å²) in [6.07, 6.45) is 11.6. The topological polar surface area (TPSA) is 113 Å². The summed E-state index contributed by atoms with van der Waals surface area (Å²) in [5.41, 5.74) is 0. The molecular formula is C24H57O9P3S3Ti. The third kappa shape index (κ3) is 42.4. The molecule has 0 rings (SSSR count). The van der Waals surface area contributed by atoms with E-state index < -0.39 is 20.2 Å². The van der Waals surface area contributed by atoms with Crippen LogP contribution in [0.3, 0.4) is 0 Å². The molecule has 0 spiro atoms. The first-order valence-corrected chi connectivity index (χ1v) is 22.1. The van der Waals surface area contributed by atoms with Crippen molar-refractivity contribution in [3.8, 4) is 0 Å². The van der Waals surface area contributed by atoms with Crippen LogP contribution in [-0.4, -0.2) is 49.4 Å². The molecule has 16 heteroatoms. The van der Waals surface area contributed by atoms with E-state index in [1.165, 1.54) is 0 Å². The monoisotopic (exact) mass is 726 g/mol. The Bertz CT molecular complexity index is 541. The van der Waals surface area contributed by atoms with Crippen molar-refractivity contribution in [2.24, 2.45) is 0 Å². The van der Waals surface area contributed by atoms with E-state index in [1.54, 1.807) is 0 Å². The summed E-state index contributed by atoms with van der Waals surface area (Å²) in [7, 11) is 0. The van der Waals surface area contributed by atoms with Gasteiger partial charge in [0.2, 0.25) is 0 Å². The van der Waals surface area contributed by atoms with Gasteiger partial charge in [-0.3, -0.25) is 0 Å². The van der Waals surface area contributed by atoms with Gasteiger partial charge in [-0.25, -0.2) is 4.57 Å². The Morgan fingerprint density at radius 2 is 0.675 bits per heavy atom. The van der Waals surface area contributed by atoms with Crippen molar-refractivity contribution >= 4 is 56.1 Å². The summed E-state index contributed by atoms with van der Waals surface area (Å²) in [6, 6.07) is 0. The molecule has 0 saturated carbocycles. The average Bonchev–Trinajstić information content (AvgIpc) is 2.85. The third-order valence-corrected chi connectivity index (χ3v) is 9.52. The Labute approximate surface area is 276 Å². The summed E-state index contributed by atoms with van der Waals surface area (Å²) in [6.45, 7) is 6.34. The molecule has 0 atom stereocenters. The van der Waals surface area contributed by atoms with Crippen LogP contribution in [0.1, 0.15) is 119 Å². The van der Waals surface area contributed by atoms with Gasteiger partial charge in [-0.15, -0.1) is 0 Å². The van der Waals surface area contributed by atoms with E-state index in [2.05, 4.69) is 39.9 Å². The predicted molar refractivity (Wildman–Crippen MR) is 175 cm³/mol. The van der Waals surface area contributed by atoms with Crippen LogP contribution >= 0.6 is 32.5 Å². The standard InChI is InChI=1S/3C8H19O3PS.Ti/c3*1-3-5-7-10-12(9,13)11-8-6-4-2;/h3*3-8H2,1-2H3,(H,9,13);. The van der Waals surface area contributed by atoms with Gasteiger partial charge in [-0.05, 0) is 62.1 Å². The molecular weight excluding hydrogens is 669 g/mol. The molecule has 0 aromatic rings. The summed E-state index contributed by atoms with van der Waals surface area (Å²) >= 11 is 13.4. The van der Waals surface area contributed by atoms with E-state index in [0.29, 0.717) is 39.6 Å². The van der Waals surface area contributed by atoms with Gasteiger partial charge in [0, 0.05) is 21.7 Å². The predicted octanol–water partition coefficient (Wildman–Crippen LogP) is 9.33. The van der Waals surface area contributed by atoms with Crippen LogP contribution in [0.25, 0.3) is 0 Å². The Kier molecular flexibility index (Phi) is 42.0. The van der Waals surface area contributed by atoms with Gasteiger partial charge >= 0.3 is 20.2 Å². The number of hydrogen-bond donors (Lipinski definition) is 3. The van der Waals surface area contributed by atoms with E-state index >= 15 is 0 Å². The van der Waals surface area contributed by atoms with E-state index in [0.717, 1.165) is 77.0 Å². The van der Waals surface area contributed by atoms with E-state index in [4.69, 9.17) is 50.8 Å². The molecule has 0 radical (unpaired) electrons. The van der Waals surface area contributed by atoms with Gasteiger partial charge in [0.05, 0.1) is 39.6 Å². The first-order chi connectivity index (χ1) is 18.4. The maximum Gasteiger partial charge on any atom is 0.386 e. The summed E-state index contributed by atoms with van der Waals surface area (Å²) in [5.74, 6) is 0. The normalized spacial score (nSPS) is 11.6. The van der Waals surface area contributed by atoms with Crippen molar-refractivity contribution in [1.82, 2.24) is 0 Å². The van der Waals surface area contributed by atoms with Crippen molar-refractivity contribution in [3.63, 3.8) is 0 Å². The maximum absolute atomic E-state index is 11.4. The largest absolute Gasteiger partial charge is 0.386 e. The molecule has 2 N–H and O–H groups in total. The van der Waals surface area contributed by atoms with Crippen LogP contribution in [0.2, 0.25) is 0 Å². The fourth-order valence-corrected chi connectivity index (χ4v) is 5.82. The van der Waals surface area contributed by atoms with E-state index in [1.807, 2.05) is 13.8 Å². The molecule has 0 aromatic heterocycles. The Balaban J connectivity index is -0.000000240. The first-order valence-electron chi connectivity index (χ1n) is 14.2. The first kappa shape index (κ1) is 49.2. The Morgan fingerprint density at radius 1 is 0.500 bits per heavy atom. The molecule has 0 unspecified atom stereocenters. The zero-order chi connectivity index (χ0) is 30.5. The summed E-state index contributed by atoms with van der Waals surface area (Å²) < 4.78 is 41.7. The van der Waals surface area contributed by atoms with Gasteiger partial charge < -0.3 is 36.9 Å². The minimum atomic E-state index is -3.06. The van der Waals surface area contributed by atoms with Gasteiger partial charge in [-0.1, -0.05) is 92.3 Å². The van der Waals surface area contributed by atoms with Crippen molar-refractivity contribution in [3.05, 3.63) is 0 Å². The quantitative estimate of drug-likeness (QED) is 0.0383. The average molecular weight is 727 g/mol. The minimum absolute atomic E-state index is 0. The van der Waals surface area contributed by atoms with Gasteiger partial charge in [0.15, 0.2) is 0 Å². The molecule has 9 nitrogen and oxygen atoms in total. The number of unbranched alkanes of at least 4 members (excludes halogenated alkanes) is 6. The zero-order valence-corrected chi connectivity index (χ0v) is 32.4. The molecule has 244 valence electrons. The van der Waals surface area contributed by atoms with Crippen LogP contribution in [0.4, 0.5) is 0 Å². The van der Waals surface area contributed by atoms with Crippen LogP contribution in [0, 0.1) is 0 Å². The molecule has 0 aromatic carbocycles. The smallest absolute Gasteiger partial charge is 0.324 e. The van der Waals surface area contributed by atoms with E-state index in [9.17, 15) is 14.4 Å². The zero-order valence-electron chi connectivity index (χ0n) is 25.6. The number of hydrogen-bond acceptors (Lipinski definition) is 9. The number of thiol groups is 1. The van der Waals surface area contributed by atoms with E-state index in [-0.39, 0.29) is 21.7 Å². The molecule has 0 aliphatic heterocycles. The Morgan fingerprint density at radius 3 is 0.850 bits per heavy atom. The minimum Gasteiger partial charge on any atom is -0.324 e. The number of rotatable bonds is 24. The summed E-state index contributed by atoms with van der Waals surface area (Å²) in [5, 5.41) is 0. The fourth-order valence-electron chi connectivity index (χ4n) is 2.06. The molecule has 40 heavy (non-hydrogen) atoms. The maximum atomic E-state index is 11.4. The van der Waals surface area contributed by atoms with Crippen LogP contribution in [0.15, 0.2) is 0 Å².